The highest BCUT2D eigenvalue weighted by Crippen LogP contribution is 2.33. The van der Waals surface area contributed by atoms with Crippen molar-refractivity contribution in [2.45, 2.75) is 66.4 Å². The van der Waals surface area contributed by atoms with E-state index in [9.17, 15) is 4.79 Å². The van der Waals surface area contributed by atoms with Gasteiger partial charge >= 0.3 is 0 Å². The molecular weight excluding hydrogens is 227 g/mol. The molecule has 0 saturated heterocycles. The smallest absolute Gasteiger partial charge is 0.285 e. The van der Waals surface area contributed by atoms with E-state index in [1.807, 2.05) is 0 Å². The van der Waals surface area contributed by atoms with Crippen LogP contribution >= 0.6 is 0 Å². The molecule has 0 aromatic heterocycles. The molecule has 0 saturated carbocycles. The van der Waals surface area contributed by atoms with Gasteiger partial charge in [-0.2, -0.15) is 5.90 Å². The Morgan fingerprint density at radius 2 is 1.83 bits per heavy atom. The average molecular weight is 255 g/mol. The summed E-state index contributed by atoms with van der Waals surface area (Å²) < 4.78 is 0. The summed E-state index contributed by atoms with van der Waals surface area (Å²) in [6.45, 7) is 14.9. The quantitative estimate of drug-likeness (QED) is 0.565. The van der Waals surface area contributed by atoms with Crippen molar-refractivity contribution in [2.24, 2.45) is 17.2 Å². The van der Waals surface area contributed by atoms with Gasteiger partial charge in [0.2, 0.25) is 0 Å². The van der Waals surface area contributed by atoms with Crippen molar-refractivity contribution in [2.75, 3.05) is 0 Å². The van der Waals surface area contributed by atoms with Crippen molar-refractivity contribution in [3.63, 3.8) is 0 Å². The molecule has 0 aromatic carbocycles. The zero-order valence-corrected chi connectivity index (χ0v) is 12.8. The summed E-state index contributed by atoms with van der Waals surface area (Å²) in [5, 5.41) is 3.46. The zero-order chi connectivity index (χ0) is 14.6. The van der Waals surface area contributed by atoms with Gasteiger partial charge in [-0.25, -0.2) is 0 Å². The van der Waals surface area contributed by atoms with Gasteiger partial charge in [0.25, 0.3) is 13.1 Å². The number of rotatable bonds is 6. The Morgan fingerprint density at radius 3 is 2.17 bits per heavy atom. The normalized spacial score (nSPS) is 16.0. The van der Waals surface area contributed by atoms with Crippen LogP contribution in [0, 0.1) is 11.3 Å². The molecule has 5 heteroatoms. The molecular formula is C13H28BN2O2. The second-order valence-electron chi connectivity index (χ2n) is 6.61. The van der Waals surface area contributed by atoms with E-state index in [0.29, 0.717) is 5.92 Å². The first kappa shape index (κ1) is 17.5. The first-order valence-corrected chi connectivity index (χ1v) is 6.57. The molecule has 0 aromatic rings. The fraction of sp³-hybridized carbons (Fsp3) is 0.923. The van der Waals surface area contributed by atoms with Gasteiger partial charge in [-0.05, 0) is 38.0 Å². The second-order valence-corrected chi connectivity index (χ2v) is 6.61. The Hall–Kier alpha value is -0.545. The van der Waals surface area contributed by atoms with E-state index in [1.54, 1.807) is 0 Å². The molecule has 0 aliphatic carbocycles. The minimum Gasteiger partial charge on any atom is -0.386 e. The summed E-state index contributed by atoms with van der Waals surface area (Å²) in [5.74, 6) is 4.83. The summed E-state index contributed by atoms with van der Waals surface area (Å²) in [7, 11) is 1.54. The van der Waals surface area contributed by atoms with E-state index >= 15 is 0 Å². The molecule has 4 nitrogen and oxygen atoms in total. The lowest BCUT2D eigenvalue weighted by atomic mass is 9.54. The van der Waals surface area contributed by atoms with Crippen molar-refractivity contribution in [3.05, 3.63) is 0 Å². The van der Waals surface area contributed by atoms with Gasteiger partial charge in [-0.1, -0.05) is 34.1 Å². The highest BCUT2D eigenvalue weighted by Gasteiger charge is 2.38. The minimum absolute atomic E-state index is 0.0593. The van der Waals surface area contributed by atoms with Crippen LogP contribution < -0.4 is 11.2 Å². The molecule has 105 valence electrons. The number of carbonyl (C=O) groups excluding carboxylic acids is 1. The number of carbonyl (C=O) groups is 1. The third kappa shape index (κ3) is 5.40. The summed E-state index contributed by atoms with van der Waals surface area (Å²) in [6, 6.07) is 0. The van der Waals surface area contributed by atoms with Crippen molar-refractivity contribution >= 4 is 13.1 Å². The summed E-state index contributed by atoms with van der Waals surface area (Å²) >= 11 is 0. The van der Waals surface area contributed by atoms with Crippen LogP contribution in [-0.2, 0) is 4.84 Å². The number of nitrogens with one attached hydrogen (secondary N) is 1. The van der Waals surface area contributed by atoms with Gasteiger partial charge in [0.15, 0.2) is 0 Å². The van der Waals surface area contributed by atoms with Crippen LogP contribution in [-0.4, -0.2) is 24.6 Å². The lowest BCUT2D eigenvalue weighted by Crippen LogP contribution is -2.57. The Labute approximate surface area is 112 Å². The first-order chi connectivity index (χ1) is 8.04. The Balaban J connectivity index is 5.01. The fourth-order valence-electron chi connectivity index (χ4n) is 1.92. The van der Waals surface area contributed by atoms with Gasteiger partial charge < -0.3 is 10.2 Å². The van der Waals surface area contributed by atoms with Gasteiger partial charge in [-0.3, -0.25) is 4.79 Å². The van der Waals surface area contributed by atoms with E-state index in [4.69, 9.17) is 5.90 Å². The Bertz CT molecular complexity index is 275. The van der Waals surface area contributed by atoms with Crippen molar-refractivity contribution in [1.82, 2.24) is 5.32 Å². The van der Waals surface area contributed by atoms with Crippen LogP contribution in [0.4, 0.5) is 4.79 Å². The average Bonchev–Trinajstić information content (AvgIpc) is 2.24. The second kappa shape index (κ2) is 6.57. The first-order valence-electron chi connectivity index (χ1n) is 6.57. The molecule has 0 aliphatic rings. The highest BCUT2D eigenvalue weighted by atomic mass is 16.6. The maximum Gasteiger partial charge on any atom is 0.285 e. The Kier molecular flexibility index (Phi) is 6.37. The summed E-state index contributed by atoms with van der Waals surface area (Å²) in [4.78, 5) is 15.7. The molecule has 0 heterocycles. The zero-order valence-electron chi connectivity index (χ0n) is 12.8. The van der Waals surface area contributed by atoms with Crippen LogP contribution in [0.25, 0.3) is 0 Å². The number of nitrogens with two attached hydrogens (primary N) is 1. The molecule has 2 atom stereocenters. The maximum atomic E-state index is 11.4. The van der Waals surface area contributed by atoms with Crippen LogP contribution in [0.3, 0.4) is 0 Å². The molecule has 0 amide bonds. The Morgan fingerprint density at radius 1 is 1.33 bits per heavy atom. The minimum atomic E-state index is -0.492. The summed E-state index contributed by atoms with van der Waals surface area (Å²) in [6.07, 6.45) is 1.06. The fourth-order valence-corrected chi connectivity index (χ4v) is 1.92. The number of hydrogen-bond donors (Lipinski definition) is 2. The molecule has 3 N–H and O–H groups in total. The molecule has 0 aliphatic heterocycles. The van der Waals surface area contributed by atoms with Crippen LogP contribution in [0.2, 0.25) is 0 Å². The third-order valence-electron chi connectivity index (χ3n) is 3.69. The molecule has 1 radical (unpaired) electrons. The van der Waals surface area contributed by atoms with Gasteiger partial charge in [0, 0.05) is 5.54 Å². The van der Waals surface area contributed by atoms with E-state index in [-0.39, 0.29) is 16.9 Å². The van der Waals surface area contributed by atoms with Crippen molar-refractivity contribution in [1.29, 1.82) is 0 Å². The van der Waals surface area contributed by atoms with Crippen LogP contribution in [0.15, 0.2) is 0 Å². The SMILES string of the molecule is CCC(C)C(C)(C)C([B]C(=O)ON)NC(C)(C)C. The van der Waals surface area contributed by atoms with Gasteiger partial charge in [0.1, 0.15) is 0 Å². The van der Waals surface area contributed by atoms with E-state index in [1.165, 1.54) is 7.28 Å². The third-order valence-corrected chi connectivity index (χ3v) is 3.69. The standard InChI is InChI=1S/C13H28BN2O2/c1-8-9(2)13(6,7)10(14-11(17)18-15)16-12(3,4)5/h9-10,16H,8,15H2,1-7H3. The number of hydrogen-bond acceptors (Lipinski definition) is 4. The topological polar surface area (TPSA) is 64.3 Å². The van der Waals surface area contributed by atoms with Gasteiger partial charge in [-0.15, -0.1) is 0 Å². The van der Waals surface area contributed by atoms with Gasteiger partial charge in [0.05, 0.1) is 0 Å². The predicted molar refractivity (Wildman–Crippen MR) is 76.3 cm³/mol. The van der Waals surface area contributed by atoms with Crippen LogP contribution in [0.1, 0.15) is 54.9 Å². The summed E-state index contributed by atoms with van der Waals surface area (Å²) in [5.41, 5.74) is -0.142. The lowest BCUT2D eigenvalue weighted by Gasteiger charge is -2.42. The maximum absolute atomic E-state index is 11.4. The molecule has 0 rings (SSSR count). The highest BCUT2D eigenvalue weighted by molar-refractivity contribution is 6.73. The molecule has 2 unspecified atom stereocenters. The van der Waals surface area contributed by atoms with Crippen molar-refractivity contribution < 1.29 is 9.63 Å². The van der Waals surface area contributed by atoms with E-state index in [2.05, 4.69) is 58.6 Å². The lowest BCUT2D eigenvalue weighted by molar-refractivity contribution is 0.158. The largest absolute Gasteiger partial charge is 0.386 e. The van der Waals surface area contributed by atoms with Crippen molar-refractivity contribution in [3.8, 4) is 0 Å². The molecule has 0 spiro atoms. The predicted octanol–water partition coefficient (Wildman–Crippen LogP) is 2.49. The van der Waals surface area contributed by atoms with Crippen LogP contribution in [0.5, 0.6) is 0 Å². The molecule has 0 bridgehead atoms. The molecule has 0 fully saturated rings. The van der Waals surface area contributed by atoms with E-state index < -0.39 is 5.87 Å². The monoisotopic (exact) mass is 255 g/mol. The van der Waals surface area contributed by atoms with E-state index in [0.717, 1.165) is 6.42 Å². The molecule has 18 heavy (non-hydrogen) atoms.